The lowest BCUT2D eigenvalue weighted by atomic mass is 10.2. The van der Waals surface area contributed by atoms with Gasteiger partial charge in [0.05, 0.1) is 13.3 Å². The molecule has 0 aromatic rings. The lowest BCUT2D eigenvalue weighted by molar-refractivity contribution is -0.144. The first-order valence-corrected chi connectivity index (χ1v) is 8.50. The summed E-state index contributed by atoms with van der Waals surface area (Å²) in [6.07, 6.45) is 5.56. The monoisotopic (exact) mass is 292 g/mol. The molecule has 0 heterocycles. The zero-order chi connectivity index (χ0) is 14.5. The van der Waals surface area contributed by atoms with Crippen LogP contribution < -0.4 is 0 Å². The van der Waals surface area contributed by atoms with Crippen molar-refractivity contribution in [2.24, 2.45) is 5.92 Å². The highest BCUT2D eigenvalue weighted by Crippen LogP contribution is 2.21. The van der Waals surface area contributed by atoms with Gasteiger partial charge in [0.2, 0.25) is 0 Å². The van der Waals surface area contributed by atoms with Crippen molar-refractivity contribution >= 4 is 17.7 Å². The van der Waals surface area contributed by atoms with Gasteiger partial charge >= 0.3 is 5.97 Å². The second-order valence-corrected chi connectivity index (χ2v) is 6.59. The first-order chi connectivity index (χ1) is 9.11. The molecular weight excluding hydrogens is 263 g/mol. The van der Waals surface area contributed by atoms with Crippen molar-refractivity contribution in [2.45, 2.75) is 64.5 Å². The van der Waals surface area contributed by atoms with Crippen molar-refractivity contribution in [3.05, 3.63) is 0 Å². The summed E-state index contributed by atoms with van der Waals surface area (Å²) in [5, 5.41) is -0.0379. The summed E-state index contributed by atoms with van der Waals surface area (Å²) in [5.74, 6) is 1.23. The molecule has 0 aliphatic carbocycles. The van der Waals surface area contributed by atoms with Crippen LogP contribution in [0.4, 0.5) is 4.39 Å². The normalized spacial score (nSPS) is 12.7. The fraction of sp³-hybridized carbons (Fsp3) is 0.933. The highest BCUT2D eigenvalue weighted by Gasteiger charge is 2.20. The lowest BCUT2D eigenvalue weighted by Crippen LogP contribution is -2.22. The molecule has 0 aliphatic heterocycles. The van der Waals surface area contributed by atoms with Crippen LogP contribution >= 0.6 is 11.8 Å². The Labute approximate surface area is 121 Å². The van der Waals surface area contributed by atoms with Crippen molar-refractivity contribution in [3.8, 4) is 0 Å². The van der Waals surface area contributed by atoms with E-state index < -0.39 is 0 Å². The van der Waals surface area contributed by atoms with Crippen LogP contribution in [0.25, 0.3) is 0 Å². The molecule has 0 aromatic carbocycles. The van der Waals surface area contributed by atoms with Crippen molar-refractivity contribution < 1.29 is 13.9 Å². The molecule has 0 aromatic heterocycles. The van der Waals surface area contributed by atoms with Crippen LogP contribution in [0.15, 0.2) is 0 Å². The SMILES string of the molecule is CCCCC(SCCCCCF)C(=O)OCC(C)C. The van der Waals surface area contributed by atoms with E-state index in [-0.39, 0.29) is 17.9 Å². The van der Waals surface area contributed by atoms with Gasteiger partial charge in [0.25, 0.3) is 0 Å². The minimum absolute atomic E-state index is 0.0379. The number of thioether (sulfide) groups is 1. The van der Waals surface area contributed by atoms with E-state index in [1.807, 2.05) is 13.8 Å². The van der Waals surface area contributed by atoms with Gasteiger partial charge in [-0.2, -0.15) is 0 Å². The van der Waals surface area contributed by atoms with Gasteiger partial charge in [-0.1, -0.05) is 40.0 Å². The fourth-order valence-corrected chi connectivity index (χ4v) is 2.79. The number of unbranched alkanes of at least 4 members (excludes halogenated alkanes) is 3. The minimum atomic E-state index is -0.236. The maximum atomic E-state index is 12.0. The van der Waals surface area contributed by atoms with E-state index >= 15 is 0 Å². The predicted molar refractivity (Wildman–Crippen MR) is 81.4 cm³/mol. The van der Waals surface area contributed by atoms with Crippen LogP contribution in [0.3, 0.4) is 0 Å². The van der Waals surface area contributed by atoms with Gasteiger partial charge in [0, 0.05) is 0 Å². The number of rotatable bonds is 12. The highest BCUT2D eigenvalue weighted by molar-refractivity contribution is 8.00. The molecule has 0 fully saturated rings. The third kappa shape index (κ3) is 11.3. The molecule has 1 atom stereocenters. The maximum absolute atomic E-state index is 12.0. The van der Waals surface area contributed by atoms with E-state index in [1.165, 1.54) is 0 Å². The van der Waals surface area contributed by atoms with E-state index in [0.717, 1.165) is 37.9 Å². The topological polar surface area (TPSA) is 26.3 Å². The first-order valence-electron chi connectivity index (χ1n) is 7.46. The van der Waals surface area contributed by atoms with Crippen LogP contribution in [0, 0.1) is 5.92 Å². The molecule has 1 unspecified atom stereocenters. The molecule has 0 amide bonds. The molecule has 0 spiro atoms. The van der Waals surface area contributed by atoms with Crippen molar-refractivity contribution in [3.63, 3.8) is 0 Å². The first kappa shape index (κ1) is 18.8. The summed E-state index contributed by atoms with van der Waals surface area (Å²) >= 11 is 1.67. The molecule has 19 heavy (non-hydrogen) atoms. The van der Waals surface area contributed by atoms with E-state index in [9.17, 15) is 9.18 Å². The van der Waals surface area contributed by atoms with E-state index in [0.29, 0.717) is 18.9 Å². The second kappa shape index (κ2) is 12.8. The predicted octanol–water partition coefficient (Wildman–Crippen LogP) is 4.62. The lowest BCUT2D eigenvalue weighted by Gasteiger charge is -2.16. The molecule has 0 saturated carbocycles. The van der Waals surface area contributed by atoms with Crippen molar-refractivity contribution in [1.82, 2.24) is 0 Å². The highest BCUT2D eigenvalue weighted by atomic mass is 32.2. The molecule has 114 valence electrons. The van der Waals surface area contributed by atoms with E-state index in [1.54, 1.807) is 11.8 Å². The molecule has 0 saturated heterocycles. The van der Waals surface area contributed by atoms with Crippen LogP contribution in [-0.4, -0.2) is 30.3 Å². The Balaban J connectivity index is 3.95. The number of esters is 1. The summed E-state index contributed by atoms with van der Waals surface area (Å²) in [6, 6.07) is 0. The Kier molecular flexibility index (Phi) is 12.6. The molecule has 2 nitrogen and oxygen atoms in total. The molecule has 0 rings (SSSR count). The minimum Gasteiger partial charge on any atom is -0.465 e. The average Bonchev–Trinajstić information content (AvgIpc) is 2.39. The molecule has 4 heteroatoms. The maximum Gasteiger partial charge on any atom is 0.319 e. The number of ether oxygens (including phenoxy) is 1. The van der Waals surface area contributed by atoms with Gasteiger partial charge < -0.3 is 4.74 Å². The van der Waals surface area contributed by atoms with Gasteiger partial charge in [0.1, 0.15) is 5.25 Å². The van der Waals surface area contributed by atoms with E-state index in [2.05, 4.69) is 6.92 Å². The summed E-state index contributed by atoms with van der Waals surface area (Å²) in [4.78, 5) is 12.0. The number of carbonyl (C=O) groups excluding carboxylic acids is 1. The molecule has 0 aliphatic rings. The van der Waals surface area contributed by atoms with Gasteiger partial charge in [-0.3, -0.25) is 9.18 Å². The Bertz CT molecular complexity index is 222. The van der Waals surface area contributed by atoms with Crippen LogP contribution in [-0.2, 0) is 9.53 Å². The van der Waals surface area contributed by atoms with Crippen molar-refractivity contribution in [2.75, 3.05) is 19.0 Å². The Hall–Kier alpha value is -0.250. The van der Waals surface area contributed by atoms with Crippen molar-refractivity contribution in [1.29, 1.82) is 0 Å². The molecule has 0 bridgehead atoms. The van der Waals surface area contributed by atoms with E-state index in [4.69, 9.17) is 4.74 Å². The number of carbonyl (C=O) groups is 1. The smallest absolute Gasteiger partial charge is 0.319 e. The van der Waals surface area contributed by atoms with Crippen LogP contribution in [0.1, 0.15) is 59.3 Å². The number of alkyl halides is 1. The number of hydrogen-bond donors (Lipinski definition) is 0. The largest absolute Gasteiger partial charge is 0.465 e. The molecular formula is C15H29FO2S. The summed E-state index contributed by atoms with van der Waals surface area (Å²) in [5.41, 5.74) is 0. The standard InChI is InChI=1S/C15H29FO2S/c1-4-5-9-14(15(17)18-12-13(2)3)19-11-8-6-7-10-16/h13-14H,4-12H2,1-3H3. The van der Waals surface area contributed by atoms with Gasteiger partial charge in [-0.05, 0) is 30.9 Å². The van der Waals surface area contributed by atoms with Gasteiger partial charge in [-0.15, -0.1) is 11.8 Å². The summed E-state index contributed by atoms with van der Waals surface area (Å²) in [6.45, 7) is 6.48. The van der Waals surface area contributed by atoms with Crippen LogP contribution in [0.5, 0.6) is 0 Å². The quantitative estimate of drug-likeness (QED) is 0.388. The van der Waals surface area contributed by atoms with Gasteiger partial charge in [-0.25, -0.2) is 0 Å². The Morgan fingerprint density at radius 2 is 1.95 bits per heavy atom. The Morgan fingerprint density at radius 3 is 2.53 bits per heavy atom. The summed E-state index contributed by atoms with van der Waals surface area (Å²) in [7, 11) is 0. The molecule has 0 N–H and O–H groups in total. The zero-order valence-electron chi connectivity index (χ0n) is 12.6. The average molecular weight is 292 g/mol. The fourth-order valence-electron chi connectivity index (χ4n) is 1.60. The number of hydrogen-bond acceptors (Lipinski definition) is 3. The van der Waals surface area contributed by atoms with Gasteiger partial charge in [0.15, 0.2) is 0 Å². The second-order valence-electron chi connectivity index (χ2n) is 5.28. The zero-order valence-corrected chi connectivity index (χ0v) is 13.4. The number of halogens is 1. The summed E-state index contributed by atoms with van der Waals surface area (Å²) < 4.78 is 17.3. The van der Waals surface area contributed by atoms with Crippen LogP contribution in [0.2, 0.25) is 0 Å². The molecule has 0 radical (unpaired) electrons. The third-order valence-corrected chi connectivity index (χ3v) is 4.09. The third-order valence-electron chi connectivity index (χ3n) is 2.74. The Morgan fingerprint density at radius 1 is 1.21 bits per heavy atom.